The van der Waals surface area contributed by atoms with Crippen molar-refractivity contribution in [3.05, 3.63) is 40.3 Å². The molecule has 3 rings (SSSR count). The minimum Gasteiger partial charge on any atom is -0.462 e. The van der Waals surface area contributed by atoms with Gasteiger partial charge in [-0.15, -0.1) is 11.3 Å². The molecule has 1 aliphatic rings. The van der Waals surface area contributed by atoms with Gasteiger partial charge in [-0.1, -0.05) is 36.2 Å². The number of thiophene rings is 1. The molecular weight excluding hydrogens is 384 g/mol. The Morgan fingerprint density at radius 1 is 1.21 bits per heavy atom. The first-order valence-electron chi connectivity index (χ1n) is 10.3. The van der Waals surface area contributed by atoms with Crippen molar-refractivity contribution in [3.63, 3.8) is 0 Å². The topological polar surface area (TPSA) is 58.6 Å². The van der Waals surface area contributed by atoms with Crippen molar-refractivity contribution in [2.45, 2.75) is 53.0 Å². The average Bonchev–Trinajstić information content (AvgIpc) is 3.00. The van der Waals surface area contributed by atoms with Gasteiger partial charge >= 0.3 is 5.97 Å². The lowest BCUT2D eigenvalue weighted by Gasteiger charge is -2.32. The van der Waals surface area contributed by atoms with E-state index in [1.54, 1.807) is 6.92 Å². The van der Waals surface area contributed by atoms with E-state index < -0.39 is 5.97 Å². The minimum absolute atomic E-state index is 0.0824. The zero-order valence-corrected chi connectivity index (χ0v) is 18.5. The number of hydrogen-bond acceptors (Lipinski definition) is 5. The van der Waals surface area contributed by atoms with Gasteiger partial charge in [0.1, 0.15) is 10.6 Å². The maximum atomic E-state index is 12.8. The number of piperidine rings is 1. The predicted molar refractivity (Wildman–Crippen MR) is 119 cm³/mol. The molecule has 2 aromatic rings. The monoisotopic (exact) mass is 414 g/mol. The van der Waals surface area contributed by atoms with Crippen LogP contribution >= 0.6 is 11.3 Å². The summed E-state index contributed by atoms with van der Waals surface area (Å²) >= 11 is 1.43. The molecule has 1 aliphatic heterocycles. The van der Waals surface area contributed by atoms with Gasteiger partial charge in [0, 0.05) is 16.5 Å². The number of esters is 1. The number of aryl methyl sites for hydroxylation is 2. The molecule has 1 aromatic carbocycles. The Balaban J connectivity index is 1.89. The lowest BCUT2D eigenvalue weighted by Crippen LogP contribution is -2.42. The van der Waals surface area contributed by atoms with Gasteiger partial charge < -0.3 is 10.1 Å². The van der Waals surface area contributed by atoms with Gasteiger partial charge in [-0.3, -0.25) is 9.69 Å². The van der Waals surface area contributed by atoms with Gasteiger partial charge in [-0.05, 0) is 52.6 Å². The summed E-state index contributed by atoms with van der Waals surface area (Å²) in [5, 5.41) is 3.57. The lowest BCUT2D eigenvalue weighted by molar-refractivity contribution is -0.118. The molecule has 0 radical (unpaired) electrons. The predicted octanol–water partition coefficient (Wildman–Crippen LogP) is 5.02. The SMILES string of the molecule is CCOC(=O)c1c(NC(=O)CN2CCCC[C@@H]2C)sc(C)c1-c1ccc(C)cc1. The lowest BCUT2D eigenvalue weighted by atomic mass is 10.0. The molecule has 1 N–H and O–H groups in total. The molecule has 6 heteroatoms. The number of likely N-dealkylation sites (tertiary alicyclic amines) is 1. The van der Waals surface area contributed by atoms with Crippen LogP contribution in [0.15, 0.2) is 24.3 Å². The van der Waals surface area contributed by atoms with E-state index in [0.29, 0.717) is 29.8 Å². The summed E-state index contributed by atoms with van der Waals surface area (Å²) in [5.41, 5.74) is 3.41. The Bertz CT molecular complexity index is 873. The van der Waals surface area contributed by atoms with Gasteiger partial charge in [0.25, 0.3) is 0 Å². The molecule has 0 unspecified atom stereocenters. The van der Waals surface area contributed by atoms with E-state index in [9.17, 15) is 9.59 Å². The second-order valence-electron chi connectivity index (χ2n) is 7.69. The molecule has 0 saturated carbocycles. The second-order valence-corrected chi connectivity index (χ2v) is 8.91. The molecule has 29 heavy (non-hydrogen) atoms. The molecule has 0 spiro atoms. The summed E-state index contributed by atoms with van der Waals surface area (Å²) in [4.78, 5) is 28.7. The highest BCUT2D eigenvalue weighted by molar-refractivity contribution is 7.17. The van der Waals surface area contributed by atoms with Crippen LogP contribution in [0.5, 0.6) is 0 Å². The molecule has 1 saturated heterocycles. The van der Waals surface area contributed by atoms with Crippen LogP contribution in [0.4, 0.5) is 5.00 Å². The van der Waals surface area contributed by atoms with E-state index >= 15 is 0 Å². The van der Waals surface area contributed by atoms with Crippen LogP contribution in [0.25, 0.3) is 11.1 Å². The third-order valence-electron chi connectivity index (χ3n) is 5.44. The maximum absolute atomic E-state index is 12.8. The molecule has 5 nitrogen and oxygen atoms in total. The quantitative estimate of drug-likeness (QED) is 0.674. The minimum atomic E-state index is -0.394. The normalized spacial score (nSPS) is 17.2. The Kier molecular flexibility index (Phi) is 7.09. The van der Waals surface area contributed by atoms with E-state index in [2.05, 4.69) is 17.1 Å². The van der Waals surface area contributed by atoms with Gasteiger partial charge in [0.05, 0.1) is 13.2 Å². The molecular formula is C23H30N2O3S. The van der Waals surface area contributed by atoms with Crippen molar-refractivity contribution in [1.82, 2.24) is 4.90 Å². The second kappa shape index (κ2) is 9.55. The Morgan fingerprint density at radius 2 is 1.93 bits per heavy atom. The van der Waals surface area contributed by atoms with Crippen molar-refractivity contribution < 1.29 is 14.3 Å². The van der Waals surface area contributed by atoms with E-state index in [0.717, 1.165) is 41.0 Å². The zero-order chi connectivity index (χ0) is 21.0. The van der Waals surface area contributed by atoms with E-state index in [1.807, 2.05) is 38.1 Å². The van der Waals surface area contributed by atoms with E-state index in [4.69, 9.17) is 4.74 Å². The smallest absolute Gasteiger partial charge is 0.341 e. The number of carbonyl (C=O) groups excluding carboxylic acids is 2. The van der Waals surface area contributed by atoms with E-state index in [1.165, 1.54) is 17.8 Å². The summed E-state index contributed by atoms with van der Waals surface area (Å²) in [5.74, 6) is -0.477. The third-order valence-corrected chi connectivity index (χ3v) is 6.46. The Morgan fingerprint density at radius 3 is 2.59 bits per heavy atom. The summed E-state index contributed by atoms with van der Waals surface area (Å²) in [6.07, 6.45) is 3.47. The Labute approximate surface area is 177 Å². The largest absolute Gasteiger partial charge is 0.462 e. The average molecular weight is 415 g/mol. The summed E-state index contributed by atoms with van der Waals surface area (Å²) < 4.78 is 5.32. The number of ether oxygens (including phenoxy) is 1. The van der Waals surface area contributed by atoms with Gasteiger partial charge in [0.2, 0.25) is 5.91 Å². The first-order chi connectivity index (χ1) is 13.9. The van der Waals surface area contributed by atoms with Crippen LogP contribution in [-0.4, -0.2) is 42.5 Å². The number of rotatable bonds is 6. The molecule has 0 bridgehead atoms. The van der Waals surface area contributed by atoms with Crippen LogP contribution in [0, 0.1) is 13.8 Å². The molecule has 1 aromatic heterocycles. The van der Waals surface area contributed by atoms with Crippen LogP contribution in [0.1, 0.15) is 53.9 Å². The van der Waals surface area contributed by atoms with Gasteiger partial charge in [-0.25, -0.2) is 4.79 Å². The number of nitrogens with one attached hydrogen (secondary N) is 1. The molecule has 1 fully saturated rings. The molecule has 2 heterocycles. The van der Waals surface area contributed by atoms with Crippen LogP contribution in [-0.2, 0) is 9.53 Å². The highest BCUT2D eigenvalue weighted by Crippen LogP contribution is 2.40. The van der Waals surface area contributed by atoms with Crippen LogP contribution in [0.3, 0.4) is 0 Å². The fourth-order valence-electron chi connectivity index (χ4n) is 3.84. The zero-order valence-electron chi connectivity index (χ0n) is 17.7. The Hall–Kier alpha value is -2.18. The van der Waals surface area contributed by atoms with Crippen molar-refractivity contribution in [2.75, 3.05) is 25.0 Å². The highest BCUT2D eigenvalue weighted by atomic mass is 32.1. The molecule has 0 aliphatic carbocycles. The summed E-state index contributed by atoms with van der Waals surface area (Å²) in [6, 6.07) is 8.48. The number of amides is 1. The maximum Gasteiger partial charge on any atom is 0.341 e. The van der Waals surface area contributed by atoms with Gasteiger partial charge in [-0.2, -0.15) is 0 Å². The first-order valence-corrected chi connectivity index (χ1v) is 11.1. The summed E-state index contributed by atoms with van der Waals surface area (Å²) in [6.45, 7) is 9.55. The van der Waals surface area contributed by atoms with Crippen molar-refractivity contribution in [3.8, 4) is 11.1 Å². The number of nitrogens with zero attached hydrogens (tertiary/aromatic N) is 1. The highest BCUT2D eigenvalue weighted by Gasteiger charge is 2.27. The summed E-state index contributed by atoms with van der Waals surface area (Å²) in [7, 11) is 0. The van der Waals surface area contributed by atoms with Crippen molar-refractivity contribution in [1.29, 1.82) is 0 Å². The van der Waals surface area contributed by atoms with Crippen LogP contribution < -0.4 is 5.32 Å². The number of hydrogen-bond donors (Lipinski definition) is 1. The van der Waals surface area contributed by atoms with Crippen molar-refractivity contribution >= 4 is 28.2 Å². The van der Waals surface area contributed by atoms with Crippen molar-refractivity contribution in [2.24, 2.45) is 0 Å². The van der Waals surface area contributed by atoms with Gasteiger partial charge in [0.15, 0.2) is 0 Å². The molecule has 156 valence electrons. The number of benzene rings is 1. The molecule has 1 amide bonds. The number of carbonyl (C=O) groups is 2. The number of anilines is 1. The third kappa shape index (κ3) is 5.06. The van der Waals surface area contributed by atoms with E-state index in [-0.39, 0.29) is 5.91 Å². The molecule has 1 atom stereocenters. The first kappa shape index (κ1) is 21.5. The standard InChI is InChI=1S/C23H30N2O3S/c1-5-28-23(27)21-20(18-11-9-15(2)10-12-18)17(4)29-22(21)24-19(26)14-25-13-7-6-8-16(25)3/h9-12,16H,5-8,13-14H2,1-4H3,(H,24,26)/t16-/m0/s1. The fourth-order valence-corrected chi connectivity index (χ4v) is 4.92. The van der Waals surface area contributed by atoms with Crippen LogP contribution in [0.2, 0.25) is 0 Å². The fraction of sp³-hybridized carbons (Fsp3) is 0.478.